The van der Waals surface area contributed by atoms with Crippen molar-refractivity contribution < 1.29 is 0 Å². The van der Waals surface area contributed by atoms with Crippen LogP contribution < -0.4 is 0 Å². The summed E-state index contributed by atoms with van der Waals surface area (Å²) in [5, 5.41) is 0. The first kappa shape index (κ1) is 10.2. The molecule has 2 heteroatoms. The Morgan fingerprint density at radius 3 is 2.71 bits per heavy atom. The van der Waals surface area contributed by atoms with Crippen molar-refractivity contribution in [3.63, 3.8) is 0 Å². The summed E-state index contributed by atoms with van der Waals surface area (Å²) in [6.45, 7) is 4.68. The van der Waals surface area contributed by atoms with Crippen LogP contribution in [0.25, 0.3) is 0 Å². The summed E-state index contributed by atoms with van der Waals surface area (Å²) in [5.74, 6) is 0. The third kappa shape index (κ3) is 2.01. The molecule has 1 aromatic carbocycles. The third-order valence-electron chi connectivity index (χ3n) is 3.02. The summed E-state index contributed by atoms with van der Waals surface area (Å²) in [4.78, 5) is 2.56. The van der Waals surface area contributed by atoms with Gasteiger partial charge in [-0.1, -0.05) is 35.0 Å². The first-order chi connectivity index (χ1) is 6.81. The first-order valence-corrected chi connectivity index (χ1v) is 6.10. The van der Waals surface area contributed by atoms with Crippen molar-refractivity contribution in [2.45, 2.75) is 25.8 Å². The molecular weight excluding hydrogens is 238 g/mol. The molecule has 76 valence electrons. The summed E-state index contributed by atoms with van der Waals surface area (Å²) in [5.41, 5.74) is 1.47. The van der Waals surface area contributed by atoms with Gasteiger partial charge in [-0.3, -0.25) is 4.90 Å². The topological polar surface area (TPSA) is 3.24 Å². The molecule has 1 saturated heterocycles. The van der Waals surface area contributed by atoms with Gasteiger partial charge in [0.1, 0.15) is 0 Å². The summed E-state index contributed by atoms with van der Waals surface area (Å²) >= 11 is 3.47. The smallest absolute Gasteiger partial charge is 0.0348 e. The second-order valence-electron chi connectivity index (χ2n) is 3.84. The maximum absolute atomic E-state index is 3.47. The van der Waals surface area contributed by atoms with E-state index in [9.17, 15) is 0 Å². The maximum atomic E-state index is 3.47. The molecule has 0 saturated carbocycles. The Bertz CT molecular complexity index is 294. The Morgan fingerprint density at radius 2 is 2.07 bits per heavy atom. The quantitative estimate of drug-likeness (QED) is 0.779. The summed E-state index contributed by atoms with van der Waals surface area (Å²) in [7, 11) is 0. The number of hydrogen-bond acceptors (Lipinski definition) is 1. The molecule has 1 aliphatic heterocycles. The van der Waals surface area contributed by atoms with E-state index in [2.05, 4.69) is 52.0 Å². The summed E-state index contributed by atoms with van der Waals surface area (Å²) < 4.78 is 1.17. The van der Waals surface area contributed by atoms with E-state index in [1.807, 2.05) is 0 Å². The molecule has 0 amide bonds. The van der Waals surface area contributed by atoms with E-state index in [-0.39, 0.29) is 0 Å². The Labute approximate surface area is 94.2 Å². The highest BCUT2D eigenvalue weighted by atomic mass is 79.9. The van der Waals surface area contributed by atoms with Crippen LogP contribution in [0.1, 0.15) is 31.4 Å². The SMILES string of the molecule is CCN1CCCC1c1ccc(Br)cc1. The number of rotatable bonds is 2. The first-order valence-electron chi connectivity index (χ1n) is 5.31. The fraction of sp³-hybridized carbons (Fsp3) is 0.500. The molecular formula is C12H16BrN. The van der Waals surface area contributed by atoms with Crippen LogP contribution in [0.5, 0.6) is 0 Å². The molecule has 1 aliphatic rings. The molecule has 1 heterocycles. The molecule has 0 aromatic heterocycles. The highest BCUT2D eigenvalue weighted by Gasteiger charge is 2.23. The van der Waals surface area contributed by atoms with E-state index in [0.717, 1.165) is 0 Å². The average molecular weight is 254 g/mol. The zero-order valence-electron chi connectivity index (χ0n) is 8.54. The zero-order chi connectivity index (χ0) is 9.97. The predicted molar refractivity (Wildman–Crippen MR) is 63.4 cm³/mol. The van der Waals surface area contributed by atoms with Crippen LogP contribution in [0.4, 0.5) is 0 Å². The van der Waals surface area contributed by atoms with E-state index < -0.39 is 0 Å². The van der Waals surface area contributed by atoms with E-state index in [1.54, 1.807) is 0 Å². The number of nitrogens with zero attached hydrogens (tertiary/aromatic N) is 1. The van der Waals surface area contributed by atoms with Gasteiger partial charge in [-0.05, 0) is 43.6 Å². The Hall–Kier alpha value is -0.340. The van der Waals surface area contributed by atoms with E-state index in [0.29, 0.717) is 6.04 Å². The lowest BCUT2D eigenvalue weighted by Gasteiger charge is -2.22. The lowest BCUT2D eigenvalue weighted by molar-refractivity contribution is 0.271. The van der Waals surface area contributed by atoms with Crippen LogP contribution >= 0.6 is 15.9 Å². The molecule has 1 fully saturated rings. The monoisotopic (exact) mass is 253 g/mol. The van der Waals surface area contributed by atoms with Crippen molar-refractivity contribution in [2.24, 2.45) is 0 Å². The van der Waals surface area contributed by atoms with Crippen molar-refractivity contribution >= 4 is 15.9 Å². The Morgan fingerprint density at radius 1 is 1.36 bits per heavy atom. The minimum absolute atomic E-state index is 0.660. The zero-order valence-corrected chi connectivity index (χ0v) is 10.1. The van der Waals surface area contributed by atoms with Crippen molar-refractivity contribution in [1.29, 1.82) is 0 Å². The van der Waals surface area contributed by atoms with Gasteiger partial charge in [0.25, 0.3) is 0 Å². The summed E-state index contributed by atoms with van der Waals surface area (Å²) in [6.07, 6.45) is 2.66. The van der Waals surface area contributed by atoms with Crippen LogP contribution in [0.3, 0.4) is 0 Å². The van der Waals surface area contributed by atoms with Gasteiger partial charge in [0, 0.05) is 10.5 Å². The molecule has 0 N–H and O–H groups in total. The molecule has 14 heavy (non-hydrogen) atoms. The molecule has 0 aliphatic carbocycles. The molecule has 1 unspecified atom stereocenters. The lowest BCUT2D eigenvalue weighted by Crippen LogP contribution is -2.22. The average Bonchev–Trinajstić information content (AvgIpc) is 2.67. The van der Waals surface area contributed by atoms with Gasteiger partial charge >= 0.3 is 0 Å². The predicted octanol–water partition coefficient (Wildman–Crippen LogP) is 3.61. The highest BCUT2D eigenvalue weighted by molar-refractivity contribution is 9.10. The van der Waals surface area contributed by atoms with Gasteiger partial charge in [-0.2, -0.15) is 0 Å². The van der Waals surface area contributed by atoms with E-state index in [1.165, 1.54) is 36.0 Å². The fourth-order valence-electron chi connectivity index (χ4n) is 2.27. The second-order valence-corrected chi connectivity index (χ2v) is 4.75. The number of hydrogen-bond donors (Lipinski definition) is 0. The van der Waals surface area contributed by atoms with Gasteiger partial charge in [0.05, 0.1) is 0 Å². The van der Waals surface area contributed by atoms with Crippen molar-refractivity contribution in [1.82, 2.24) is 4.90 Å². The van der Waals surface area contributed by atoms with Gasteiger partial charge < -0.3 is 0 Å². The van der Waals surface area contributed by atoms with Crippen molar-refractivity contribution in [3.8, 4) is 0 Å². The molecule has 0 bridgehead atoms. The standard InChI is InChI=1S/C12H16BrN/c1-2-14-9-3-4-12(14)10-5-7-11(13)8-6-10/h5-8,12H,2-4,9H2,1H3. The number of halogens is 1. The molecule has 0 spiro atoms. The molecule has 2 rings (SSSR count). The number of likely N-dealkylation sites (tertiary alicyclic amines) is 1. The number of benzene rings is 1. The largest absolute Gasteiger partial charge is 0.297 e. The lowest BCUT2D eigenvalue weighted by atomic mass is 10.1. The minimum Gasteiger partial charge on any atom is -0.297 e. The van der Waals surface area contributed by atoms with Crippen LogP contribution in [0.2, 0.25) is 0 Å². The van der Waals surface area contributed by atoms with Crippen LogP contribution in [-0.4, -0.2) is 18.0 Å². The van der Waals surface area contributed by atoms with E-state index >= 15 is 0 Å². The van der Waals surface area contributed by atoms with Crippen LogP contribution in [0, 0.1) is 0 Å². The van der Waals surface area contributed by atoms with Crippen molar-refractivity contribution in [3.05, 3.63) is 34.3 Å². The van der Waals surface area contributed by atoms with Crippen LogP contribution in [0.15, 0.2) is 28.7 Å². The molecule has 1 nitrogen and oxygen atoms in total. The molecule has 0 radical (unpaired) electrons. The fourth-order valence-corrected chi connectivity index (χ4v) is 2.53. The molecule has 1 atom stereocenters. The minimum atomic E-state index is 0.660. The highest BCUT2D eigenvalue weighted by Crippen LogP contribution is 2.31. The van der Waals surface area contributed by atoms with Crippen LogP contribution in [-0.2, 0) is 0 Å². The summed E-state index contributed by atoms with van der Waals surface area (Å²) in [6, 6.07) is 9.42. The van der Waals surface area contributed by atoms with Gasteiger partial charge in [-0.15, -0.1) is 0 Å². The van der Waals surface area contributed by atoms with Gasteiger partial charge in [-0.25, -0.2) is 0 Å². The Balaban J connectivity index is 2.17. The van der Waals surface area contributed by atoms with Gasteiger partial charge in [0.15, 0.2) is 0 Å². The normalized spacial score (nSPS) is 22.9. The van der Waals surface area contributed by atoms with Gasteiger partial charge in [0.2, 0.25) is 0 Å². The van der Waals surface area contributed by atoms with Crippen molar-refractivity contribution in [2.75, 3.05) is 13.1 Å². The second kappa shape index (κ2) is 4.45. The molecule has 1 aromatic rings. The maximum Gasteiger partial charge on any atom is 0.0348 e. The Kier molecular flexibility index (Phi) is 3.24. The van der Waals surface area contributed by atoms with E-state index in [4.69, 9.17) is 0 Å². The third-order valence-corrected chi connectivity index (χ3v) is 3.55.